The molecule has 3 nitrogen and oxygen atoms in total. The van der Waals surface area contributed by atoms with Crippen molar-refractivity contribution in [3.05, 3.63) is 58.3 Å². The van der Waals surface area contributed by atoms with Gasteiger partial charge in [-0.2, -0.15) is 0 Å². The van der Waals surface area contributed by atoms with Crippen molar-refractivity contribution in [2.45, 2.75) is 18.9 Å². The Kier molecular flexibility index (Phi) is 3.55. The SMILES string of the molecule is CC1(c2ccc(-c3ccc(F)cc3Br)cc2)CC(=O)NN1. The van der Waals surface area contributed by atoms with Crippen LogP contribution in [0.4, 0.5) is 4.39 Å². The Morgan fingerprint density at radius 1 is 1.19 bits per heavy atom. The van der Waals surface area contributed by atoms with E-state index >= 15 is 0 Å². The van der Waals surface area contributed by atoms with E-state index in [1.807, 2.05) is 31.2 Å². The van der Waals surface area contributed by atoms with Crippen LogP contribution in [0.3, 0.4) is 0 Å². The highest BCUT2D eigenvalue weighted by atomic mass is 79.9. The highest BCUT2D eigenvalue weighted by molar-refractivity contribution is 9.10. The summed E-state index contributed by atoms with van der Waals surface area (Å²) in [6.07, 6.45) is 0.409. The topological polar surface area (TPSA) is 41.1 Å². The van der Waals surface area contributed by atoms with Crippen molar-refractivity contribution in [2.75, 3.05) is 0 Å². The first kappa shape index (κ1) is 14.2. The first-order valence-corrected chi connectivity index (χ1v) is 7.39. The lowest BCUT2D eigenvalue weighted by atomic mass is 9.89. The van der Waals surface area contributed by atoms with Gasteiger partial charge >= 0.3 is 0 Å². The van der Waals surface area contributed by atoms with Crippen molar-refractivity contribution in [1.82, 2.24) is 10.9 Å². The van der Waals surface area contributed by atoms with Crippen molar-refractivity contribution < 1.29 is 9.18 Å². The van der Waals surface area contributed by atoms with Crippen LogP contribution >= 0.6 is 15.9 Å². The Bertz CT molecular complexity index is 702. The fraction of sp³-hybridized carbons (Fsp3) is 0.188. The summed E-state index contributed by atoms with van der Waals surface area (Å²) in [5.41, 5.74) is 8.21. The molecule has 0 aromatic heterocycles. The lowest BCUT2D eigenvalue weighted by molar-refractivity contribution is -0.119. The van der Waals surface area contributed by atoms with E-state index in [1.165, 1.54) is 12.1 Å². The summed E-state index contributed by atoms with van der Waals surface area (Å²) < 4.78 is 13.9. The van der Waals surface area contributed by atoms with Gasteiger partial charge in [0.05, 0.1) is 12.0 Å². The molecule has 1 unspecified atom stereocenters. The number of hydrazine groups is 1. The zero-order valence-corrected chi connectivity index (χ0v) is 13.0. The van der Waals surface area contributed by atoms with Crippen molar-refractivity contribution >= 4 is 21.8 Å². The highest BCUT2D eigenvalue weighted by Crippen LogP contribution is 2.32. The lowest BCUT2D eigenvalue weighted by Gasteiger charge is -2.23. The molecule has 3 rings (SSSR count). The fourth-order valence-electron chi connectivity index (χ4n) is 2.53. The smallest absolute Gasteiger partial charge is 0.236 e. The van der Waals surface area contributed by atoms with Crippen LogP contribution in [-0.2, 0) is 10.3 Å². The number of halogens is 2. The number of rotatable bonds is 2. The van der Waals surface area contributed by atoms with Gasteiger partial charge in [-0.05, 0) is 35.7 Å². The van der Waals surface area contributed by atoms with E-state index in [0.717, 1.165) is 21.2 Å². The molecule has 2 aromatic carbocycles. The second kappa shape index (κ2) is 5.24. The summed E-state index contributed by atoms with van der Waals surface area (Å²) in [6, 6.07) is 12.6. The van der Waals surface area contributed by atoms with Crippen molar-refractivity contribution in [3.8, 4) is 11.1 Å². The van der Waals surface area contributed by atoms with E-state index < -0.39 is 5.54 Å². The van der Waals surface area contributed by atoms with Gasteiger partial charge in [-0.1, -0.05) is 46.3 Å². The minimum absolute atomic E-state index is 0.0112. The van der Waals surface area contributed by atoms with Crippen molar-refractivity contribution in [2.24, 2.45) is 0 Å². The van der Waals surface area contributed by atoms with Crippen LogP contribution in [0, 0.1) is 5.82 Å². The van der Waals surface area contributed by atoms with Crippen LogP contribution in [0.25, 0.3) is 11.1 Å². The van der Waals surface area contributed by atoms with Crippen LogP contribution in [0.15, 0.2) is 46.9 Å². The Hall–Kier alpha value is -1.72. The molecule has 1 aliphatic rings. The number of benzene rings is 2. The van der Waals surface area contributed by atoms with Crippen LogP contribution in [-0.4, -0.2) is 5.91 Å². The third kappa shape index (κ3) is 2.71. The molecule has 1 heterocycles. The molecule has 0 spiro atoms. The average Bonchev–Trinajstić information content (AvgIpc) is 2.80. The monoisotopic (exact) mass is 348 g/mol. The zero-order chi connectivity index (χ0) is 15.0. The molecule has 1 fully saturated rings. The Labute approximate surface area is 130 Å². The molecule has 1 aliphatic heterocycles. The van der Waals surface area contributed by atoms with Gasteiger partial charge in [0, 0.05) is 4.47 Å². The maximum atomic E-state index is 13.1. The standard InChI is InChI=1S/C16H14BrFN2O/c1-16(9-15(21)19-20-16)11-4-2-10(3-5-11)13-7-6-12(18)8-14(13)17/h2-8,20H,9H2,1H3,(H,19,21). The summed E-state index contributed by atoms with van der Waals surface area (Å²) in [5, 5.41) is 0. The maximum absolute atomic E-state index is 13.1. The molecular formula is C16H14BrFN2O. The minimum Gasteiger partial charge on any atom is -0.291 e. The summed E-state index contributed by atoms with van der Waals surface area (Å²) in [6.45, 7) is 1.98. The van der Waals surface area contributed by atoms with Gasteiger partial charge in [-0.15, -0.1) is 0 Å². The molecule has 21 heavy (non-hydrogen) atoms. The first-order valence-electron chi connectivity index (χ1n) is 6.60. The van der Waals surface area contributed by atoms with E-state index in [9.17, 15) is 9.18 Å². The van der Waals surface area contributed by atoms with Crippen LogP contribution in [0.5, 0.6) is 0 Å². The van der Waals surface area contributed by atoms with Crippen molar-refractivity contribution in [3.63, 3.8) is 0 Å². The number of hydrogen-bond donors (Lipinski definition) is 2. The van der Waals surface area contributed by atoms with E-state index in [2.05, 4.69) is 26.8 Å². The molecular weight excluding hydrogens is 335 g/mol. The first-order chi connectivity index (χ1) is 9.98. The van der Waals surface area contributed by atoms with E-state index in [0.29, 0.717) is 6.42 Å². The minimum atomic E-state index is -0.393. The van der Waals surface area contributed by atoms with E-state index in [4.69, 9.17) is 0 Å². The van der Waals surface area contributed by atoms with Gasteiger partial charge < -0.3 is 0 Å². The van der Waals surface area contributed by atoms with Gasteiger partial charge in [-0.25, -0.2) is 9.82 Å². The molecule has 1 atom stereocenters. The van der Waals surface area contributed by atoms with Crippen LogP contribution in [0.1, 0.15) is 18.9 Å². The molecule has 0 radical (unpaired) electrons. The summed E-state index contributed by atoms with van der Waals surface area (Å²) in [4.78, 5) is 11.4. The fourth-order valence-corrected chi connectivity index (χ4v) is 3.11. The Morgan fingerprint density at radius 3 is 2.48 bits per heavy atom. The molecule has 0 bridgehead atoms. The quantitative estimate of drug-likeness (QED) is 0.872. The Balaban J connectivity index is 1.92. The predicted octanol–water partition coefficient (Wildman–Crippen LogP) is 3.49. The maximum Gasteiger partial charge on any atom is 0.236 e. The molecule has 108 valence electrons. The average molecular weight is 349 g/mol. The third-order valence-electron chi connectivity index (χ3n) is 3.76. The van der Waals surface area contributed by atoms with Gasteiger partial charge in [0.1, 0.15) is 5.82 Å². The zero-order valence-electron chi connectivity index (χ0n) is 11.4. The second-order valence-corrected chi connectivity index (χ2v) is 6.24. The molecule has 2 N–H and O–H groups in total. The van der Waals surface area contributed by atoms with Gasteiger partial charge in [0.15, 0.2) is 0 Å². The number of amides is 1. The second-order valence-electron chi connectivity index (χ2n) is 5.38. The van der Waals surface area contributed by atoms with E-state index in [-0.39, 0.29) is 11.7 Å². The summed E-state index contributed by atoms with van der Waals surface area (Å²) >= 11 is 3.38. The number of carbonyl (C=O) groups excluding carboxylic acids is 1. The molecule has 5 heteroatoms. The largest absolute Gasteiger partial charge is 0.291 e. The molecule has 1 amide bonds. The highest BCUT2D eigenvalue weighted by Gasteiger charge is 2.35. The molecule has 0 aliphatic carbocycles. The number of carbonyl (C=O) groups is 1. The van der Waals surface area contributed by atoms with Crippen LogP contribution in [0.2, 0.25) is 0 Å². The van der Waals surface area contributed by atoms with Crippen LogP contribution < -0.4 is 10.9 Å². The summed E-state index contributed by atoms with van der Waals surface area (Å²) in [7, 11) is 0. The van der Waals surface area contributed by atoms with Gasteiger partial charge in [0.25, 0.3) is 0 Å². The Morgan fingerprint density at radius 2 is 1.90 bits per heavy atom. The van der Waals surface area contributed by atoms with Gasteiger partial charge in [-0.3, -0.25) is 10.2 Å². The molecule has 1 saturated heterocycles. The number of nitrogens with one attached hydrogen (secondary N) is 2. The third-order valence-corrected chi connectivity index (χ3v) is 4.41. The van der Waals surface area contributed by atoms with Crippen molar-refractivity contribution in [1.29, 1.82) is 0 Å². The summed E-state index contributed by atoms with van der Waals surface area (Å²) in [5.74, 6) is -0.280. The number of hydrogen-bond acceptors (Lipinski definition) is 2. The van der Waals surface area contributed by atoms with E-state index in [1.54, 1.807) is 6.07 Å². The van der Waals surface area contributed by atoms with Gasteiger partial charge in [0.2, 0.25) is 5.91 Å². The molecule has 2 aromatic rings. The molecule has 0 saturated carbocycles. The lowest BCUT2D eigenvalue weighted by Crippen LogP contribution is -2.38. The predicted molar refractivity (Wildman–Crippen MR) is 82.8 cm³/mol. The normalized spacial score (nSPS) is 21.4.